The van der Waals surface area contributed by atoms with Crippen LogP contribution in [0.25, 0.3) is 0 Å². The van der Waals surface area contributed by atoms with E-state index in [1.165, 1.54) is 37.9 Å². The number of hydrogen-bond acceptors (Lipinski definition) is 3. The van der Waals surface area contributed by atoms with Gasteiger partial charge < -0.3 is 9.73 Å². The molecule has 1 aromatic heterocycles. The van der Waals surface area contributed by atoms with Crippen LogP contribution in [0.5, 0.6) is 0 Å². The number of aryl methyl sites for hydroxylation is 1. The molecule has 1 N–H and O–H groups in total. The fourth-order valence-electron chi connectivity index (χ4n) is 3.31. The maximum atomic E-state index is 6.03. The zero-order chi connectivity index (χ0) is 15.2. The molecule has 1 saturated heterocycles. The van der Waals surface area contributed by atoms with Crippen molar-refractivity contribution in [3.8, 4) is 0 Å². The van der Waals surface area contributed by atoms with Gasteiger partial charge in [-0.2, -0.15) is 0 Å². The Morgan fingerprint density at radius 3 is 2.86 bits per heavy atom. The van der Waals surface area contributed by atoms with E-state index in [1.54, 1.807) is 0 Å². The summed E-state index contributed by atoms with van der Waals surface area (Å²) < 4.78 is 6.03. The summed E-state index contributed by atoms with van der Waals surface area (Å²) in [4.78, 5) is 2.57. The Kier molecular flexibility index (Phi) is 6.31. The highest BCUT2D eigenvalue weighted by atomic mass is 16.3. The molecule has 0 radical (unpaired) electrons. The predicted octanol–water partition coefficient (Wildman–Crippen LogP) is 3.96. The summed E-state index contributed by atoms with van der Waals surface area (Å²) in [6.07, 6.45) is 4.05. The van der Waals surface area contributed by atoms with Gasteiger partial charge in [-0.25, -0.2) is 0 Å². The van der Waals surface area contributed by atoms with Gasteiger partial charge in [0.25, 0.3) is 0 Å². The van der Waals surface area contributed by atoms with Gasteiger partial charge in [0.1, 0.15) is 11.5 Å². The van der Waals surface area contributed by atoms with E-state index in [4.69, 9.17) is 4.42 Å². The van der Waals surface area contributed by atoms with Gasteiger partial charge in [0, 0.05) is 0 Å². The molecule has 0 spiro atoms. The van der Waals surface area contributed by atoms with Crippen LogP contribution in [0.2, 0.25) is 0 Å². The quantitative estimate of drug-likeness (QED) is 0.860. The third-order valence-electron chi connectivity index (χ3n) is 4.79. The first-order chi connectivity index (χ1) is 10.1. The van der Waals surface area contributed by atoms with Crippen molar-refractivity contribution in [2.75, 3.05) is 19.6 Å². The summed E-state index contributed by atoms with van der Waals surface area (Å²) in [5.74, 6) is 3.95. The zero-order valence-electron chi connectivity index (χ0n) is 14.2. The Bertz CT molecular complexity index is 425. The van der Waals surface area contributed by atoms with Gasteiger partial charge in [0.15, 0.2) is 0 Å². The average molecular weight is 292 g/mol. The standard InChI is InChI=1S/C18H32N2O/c1-5-19-12-18-15(4)11-17(21-18)13-20-9-6-7-16(8-10-20)14(2)3/h11,14,16,19H,5-10,12-13H2,1-4H3. The van der Waals surface area contributed by atoms with Gasteiger partial charge in [-0.1, -0.05) is 20.8 Å². The SMILES string of the molecule is CCNCc1oc(CN2CCCC(C(C)C)CC2)cc1C. The van der Waals surface area contributed by atoms with Gasteiger partial charge in [0.2, 0.25) is 0 Å². The molecular weight excluding hydrogens is 260 g/mol. The smallest absolute Gasteiger partial charge is 0.120 e. The summed E-state index contributed by atoms with van der Waals surface area (Å²) in [5, 5.41) is 3.34. The molecule has 1 aromatic rings. The van der Waals surface area contributed by atoms with Crippen LogP contribution in [0.4, 0.5) is 0 Å². The molecule has 3 heteroatoms. The van der Waals surface area contributed by atoms with Gasteiger partial charge >= 0.3 is 0 Å². The number of furan rings is 1. The van der Waals surface area contributed by atoms with E-state index in [1.807, 2.05) is 0 Å². The number of nitrogens with zero attached hydrogens (tertiary/aromatic N) is 1. The van der Waals surface area contributed by atoms with Crippen LogP contribution in [0.1, 0.15) is 57.1 Å². The van der Waals surface area contributed by atoms with E-state index in [0.717, 1.165) is 43.0 Å². The second kappa shape index (κ2) is 8.00. The van der Waals surface area contributed by atoms with E-state index in [0.29, 0.717) is 0 Å². The van der Waals surface area contributed by atoms with Crippen LogP contribution >= 0.6 is 0 Å². The summed E-state index contributed by atoms with van der Waals surface area (Å²) >= 11 is 0. The highest BCUT2D eigenvalue weighted by Gasteiger charge is 2.20. The molecule has 1 aliphatic heterocycles. The molecule has 0 aliphatic carbocycles. The Labute approximate surface area is 130 Å². The molecule has 2 rings (SSSR count). The average Bonchev–Trinajstić information content (AvgIpc) is 2.64. The third-order valence-corrected chi connectivity index (χ3v) is 4.79. The Morgan fingerprint density at radius 1 is 1.33 bits per heavy atom. The molecule has 1 fully saturated rings. The lowest BCUT2D eigenvalue weighted by Gasteiger charge is -2.20. The molecular formula is C18H32N2O. The number of rotatable bonds is 6. The van der Waals surface area contributed by atoms with Crippen molar-refractivity contribution in [2.24, 2.45) is 11.8 Å². The molecule has 1 unspecified atom stereocenters. The van der Waals surface area contributed by atoms with Crippen molar-refractivity contribution in [3.05, 3.63) is 23.2 Å². The summed E-state index contributed by atoms with van der Waals surface area (Å²) in [5.41, 5.74) is 1.28. The fraction of sp³-hybridized carbons (Fsp3) is 0.778. The van der Waals surface area contributed by atoms with Crippen molar-refractivity contribution < 1.29 is 4.42 Å². The van der Waals surface area contributed by atoms with Crippen molar-refractivity contribution in [3.63, 3.8) is 0 Å². The lowest BCUT2D eigenvalue weighted by molar-refractivity contribution is 0.242. The van der Waals surface area contributed by atoms with E-state index < -0.39 is 0 Å². The first-order valence-corrected chi connectivity index (χ1v) is 8.61. The van der Waals surface area contributed by atoms with Crippen molar-refractivity contribution >= 4 is 0 Å². The molecule has 1 aliphatic rings. The zero-order valence-corrected chi connectivity index (χ0v) is 14.2. The van der Waals surface area contributed by atoms with Gasteiger partial charge in [-0.3, -0.25) is 4.90 Å². The lowest BCUT2D eigenvalue weighted by Crippen LogP contribution is -2.24. The Hall–Kier alpha value is -0.800. The first kappa shape index (κ1) is 16.6. The highest BCUT2D eigenvalue weighted by Crippen LogP contribution is 2.25. The topological polar surface area (TPSA) is 28.4 Å². The number of nitrogens with one attached hydrogen (secondary N) is 1. The third kappa shape index (κ3) is 4.86. The highest BCUT2D eigenvalue weighted by molar-refractivity contribution is 5.20. The van der Waals surface area contributed by atoms with E-state index in [2.05, 4.69) is 44.0 Å². The van der Waals surface area contributed by atoms with Crippen LogP contribution < -0.4 is 5.32 Å². The molecule has 0 amide bonds. The summed E-state index contributed by atoms with van der Waals surface area (Å²) in [7, 11) is 0. The largest absolute Gasteiger partial charge is 0.463 e. The number of likely N-dealkylation sites (tertiary alicyclic amines) is 1. The Morgan fingerprint density at radius 2 is 2.14 bits per heavy atom. The van der Waals surface area contributed by atoms with Crippen LogP contribution in [-0.4, -0.2) is 24.5 Å². The molecule has 2 heterocycles. The van der Waals surface area contributed by atoms with E-state index >= 15 is 0 Å². The number of hydrogen-bond donors (Lipinski definition) is 1. The molecule has 120 valence electrons. The van der Waals surface area contributed by atoms with Crippen LogP contribution in [0.15, 0.2) is 10.5 Å². The maximum Gasteiger partial charge on any atom is 0.120 e. The monoisotopic (exact) mass is 292 g/mol. The first-order valence-electron chi connectivity index (χ1n) is 8.61. The van der Waals surface area contributed by atoms with Gasteiger partial charge in [-0.05, 0) is 69.3 Å². The van der Waals surface area contributed by atoms with Crippen molar-refractivity contribution in [2.45, 2.75) is 60.0 Å². The maximum absolute atomic E-state index is 6.03. The molecule has 0 bridgehead atoms. The Balaban J connectivity index is 1.89. The van der Waals surface area contributed by atoms with Gasteiger partial charge in [0.05, 0.1) is 13.1 Å². The summed E-state index contributed by atoms with van der Waals surface area (Å²) in [6, 6.07) is 2.22. The van der Waals surface area contributed by atoms with Crippen molar-refractivity contribution in [1.29, 1.82) is 0 Å². The second-order valence-corrected chi connectivity index (χ2v) is 6.81. The minimum Gasteiger partial charge on any atom is -0.463 e. The normalized spacial score (nSPS) is 20.9. The molecule has 21 heavy (non-hydrogen) atoms. The predicted molar refractivity (Wildman–Crippen MR) is 88.3 cm³/mol. The molecule has 1 atom stereocenters. The minimum atomic E-state index is 0.822. The molecule has 0 saturated carbocycles. The van der Waals surface area contributed by atoms with Crippen LogP contribution in [0.3, 0.4) is 0 Å². The molecule has 3 nitrogen and oxygen atoms in total. The second-order valence-electron chi connectivity index (χ2n) is 6.81. The van der Waals surface area contributed by atoms with E-state index in [-0.39, 0.29) is 0 Å². The fourth-order valence-corrected chi connectivity index (χ4v) is 3.31. The van der Waals surface area contributed by atoms with E-state index in [9.17, 15) is 0 Å². The van der Waals surface area contributed by atoms with Crippen LogP contribution in [-0.2, 0) is 13.1 Å². The van der Waals surface area contributed by atoms with Gasteiger partial charge in [-0.15, -0.1) is 0 Å². The summed E-state index contributed by atoms with van der Waals surface area (Å²) in [6.45, 7) is 14.2. The van der Waals surface area contributed by atoms with Crippen molar-refractivity contribution in [1.82, 2.24) is 10.2 Å². The minimum absolute atomic E-state index is 0.822. The van der Waals surface area contributed by atoms with Crippen LogP contribution in [0, 0.1) is 18.8 Å². The lowest BCUT2D eigenvalue weighted by atomic mass is 9.89. The molecule has 0 aromatic carbocycles.